The Morgan fingerprint density at radius 3 is 2.33 bits per heavy atom. The number of carbonyl (C=O) groups excluding carboxylic acids is 1. The van der Waals surface area contributed by atoms with E-state index in [4.69, 9.17) is 23.2 Å². The number of hydrogen-bond acceptors (Lipinski definition) is 1. The lowest BCUT2D eigenvalue weighted by Gasteiger charge is -2.29. The first-order valence-electron chi connectivity index (χ1n) is 8.14. The normalized spacial score (nSPS) is 16.1. The first-order valence-corrected chi connectivity index (χ1v) is 8.90. The van der Waals surface area contributed by atoms with Crippen LogP contribution in [0.3, 0.4) is 0 Å². The van der Waals surface area contributed by atoms with E-state index in [9.17, 15) is 4.79 Å². The molecule has 3 rings (SSSR count). The predicted molar refractivity (Wildman–Crippen MR) is 99.7 cm³/mol. The second-order valence-corrected chi connectivity index (χ2v) is 7.53. The van der Waals surface area contributed by atoms with Crippen LogP contribution in [0.15, 0.2) is 42.5 Å². The molecule has 0 aliphatic carbocycles. The molecule has 1 heterocycles. The van der Waals surface area contributed by atoms with Gasteiger partial charge < -0.3 is 9.80 Å². The highest BCUT2D eigenvalue weighted by molar-refractivity contribution is 6.42. The van der Waals surface area contributed by atoms with E-state index < -0.39 is 0 Å². The summed E-state index contributed by atoms with van der Waals surface area (Å²) in [6.45, 7) is 3.53. The molecule has 0 unspecified atom stereocenters. The Kier molecular flexibility index (Phi) is 5.14. The number of carbonyl (C=O) groups is 1. The zero-order valence-corrected chi connectivity index (χ0v) is 15.2. The van der Waals surface area contributed by atoms with Gasteiger partial charge in [0.25, 0.3) is 5.91 Å². The quantitative estimate of drug-likeness (QED) is 0.762. The van der Waals surface area contributed by atoms with E-state index in [0.717, 1.165) is 16.7 Å². The van der Waals surface area contributed by atoms with Crippen LogP contribution < -0.4 is 5.32 Å². The minimum atomic E-state index is -0.195. The summed E-state index contributed by atoms with van der Waals surface area (Å²) in [5.74, 6) is -0.195. The van der Waals surface area contributed by atoms with Crippen LogP contribution in [0.4, 0.5) is 5.69 Å². The summed E-state index contributed by atoms with van der Waals surface area (Å²) in [5.41, 5.74) is 2.56. The van der Waals surface area contributed by atoms with Gasteiger partial charge in [0.1, 0.15) is 6.54 Å². The van der Waals surface area contributed by atoms with E-state index in [1.165, 1.54) is 31.5 Å². The first-order chi connectivity index (χ1) is 11.5. The van der Waals surface area contributed by atoms with Gasteiger partial charge in [0.2, 0.25) is 0 Å². The van der Waals surface area contributed by atoms with Crippen LogP contribution in [0.2, 0.25) is 10.0 Å². The highest BCUT2D eigenvalue weighted by atomic mass is 35.5. The standard InChI is InChI=1S/C19H20Cl2N2O/c1-23(10-2-3-11-23)13-14-4-7-16(8-5-14)22-19(24)15-6-9-17(20)18(21)12-15/h4-9,12H,2-3,10-11,13H2,1H3/p+1. The maximum absolute atomic E-state index is 12.3. The minimum absolute atomic E-state index is 0.195. The molecule has 0 saturated carbocycles. The first kappa shape index (κ1) is 17.3. The predicted octanol–water partition coefficient (Wildman–Crippen LogP) is 4.99. The van der Waals surface area contributed by atoms with Gasteiger partial charge in [-0.3, -0.25) is 4.79 Å². The SMILES string of the molecule is C[N+]1(Cc2ccc(NC(=O)c3ccc(Cl)c(Cl)c3)cc2)CCCC1. The Balaban J connectivity index is 1.65. The summed E-state index contributed by atoms with van der Waals surface area (Å²) in [7, 11) is 2.31. The number of rotatable bonds is 4. The van der Waals surface area contributed by atoms with Crippen molar-refractivity contribution in [2.75, 3.05) is 25.5 Å². The number of amides is 1. The molecule has 1 N–H and O–H groups in total. The van der Waals surface area contributed by atoms with Gasteiger partial charge in [0.05, 0.1) is 30.2 Å². The van der Waals surface area contributed by atoms with Crippen LogP contribution in [0, 0.1) is 0 Å². The van der Waals surface area contributed by atoms with Gasteiger partial charge in [-0.1, -0.05) is 35.3 Å². The van der Waals surface area contributed by atoms with Gasteiger partial charge in [-0.25, -0.2) is 0 Å². The fourth-order valence-corrected chi connectivity index (χ4v) is 3.53. The molecular formula is C19H21Cl2N2O+. The molecule has 1 amide bonds. The Morgan fingerprint density at radius 2 is 1.71 bits per heavy atom. The summed E-state index contributed by atoms with van der Waals surface area (Å²) in [4.78, 5) is 12.3. The average molecular weight is 364 g/mol. The van der Waals surface area contributed by atoms with E-state index in [2.05, 4.69) is 24.5 Å². The van der Waals surface area contributed by atoms with E-state index >= 15 is 0 Å². The lowest BCUT2D eigenvalue weighted by Crippen LogP contribution is -2.39. The monoisotopic (exact) mass is 363 g/mol. The number of quaternary nitrogens is 1. The summed E-state index contributed by atoms with van der Waals surface area (Å²) in [5, 5.41) is 3.71. The van der Waals surface area contributed by atoms with Crippen LogP contribution in [0.25, 0.3) is 0 Å². The zero-order valence-electron chi connectivity index (χ0n) is 13.7. The number of benzene rings is 2. The molecule has 0 aromatic heterocycles. The molecule has 0 bridgehead atoms. The second-order valence-electron chi connectivity index (χ2n) is 6.71. The van der Waals surface area contributed by atoms with Crippen molar-refractivity contribution in [3.05, 3.63) is 63.6 Å². The number of anilines is 1. The Bertz CT molecular complexity index is 738. The van der Waals surface area contributed by atoms with Crippen molar-refractivity contribution in [2.24, 2.45) is 0 Å². The summed E-state index contributed by atoms with van der Waals surface area (Å²) >= 11 is 11.8. The fourth-order valence-electron chi connectivity index (χ4n) is 3.23. The topological polar surface area (TPSA) is 29.1 Å². The molecular weight excluding hydrogens is 343 g/mol. The van der Waals surface area contributed by atoms with Crippen molar-refractivity contribution >= 4 is 34.8 Å². The minimum Gasteiger partial charge on any atom is -0.322 e. The van der Waals surface area contributed by atoms with Crippen LogP contribution in [0.5, 0.6) is 0 Å². The Labute approximate surface area is 152 Å². The molecule has 1 fully saturated rings. The molecule has 24 heavy (non-hydrogen) atoms. The number of nitrogens with zero attached hydrogens (tertiary/aromatic N) is 1. The van der Waals surface area contributed by atoms with E-state index in [1.54, 1.807) is 18.2 Å². The fraction of sp³-hybridized carbons (Fsp3) is 0.316. The molecule has 126 valence electrons. The number of hydrogen-bond donors (Lipinski definition) is 1. The molecule has 3 nitrogen and oxygen atoms in total. The van der Waals surface area contributed by atoms with E-state index in [-0.39, 0.29) is 5.91 Å². The molecule has 0 spiro atoms. The number of nitrogens with one attached hydrogen (secondary N) is 1. The van der Waals surface area contributed by atoms with Crippen LogP contribution >= 0.6 is 23.2 Å². The smallest absolute Gasteiger partial charge is 0.255 e. The molecule has 2 aromatic carbocycles. The third-order valence-electron chi connectivity index (χ3n) is 4.60. The second kappa shape index (κ2) is 7.14. The van der Waals surface area contributed by atoms with Gasteiger partial charge in [0.15, 0.2) is 0 Å². The van der Waals surface area contributed by atoms with Crippen LogP contribution in [-0.2, 0) is 6.54 Å². The van der Waals surface area contributed by atoms with Crippen molar-refractivity contribution in [3.63, 3.8) is 0 Å². The van der Waals surface area contributed by atoms with Gasteiger partial charge >= 0.3 is 0 Å². The molecule has 5 heteroatoms. The largest absolute Gasteiger partial charge is 0.322 e. The van der Waals surface area contributed by atoms with Crippen molar-refractivity contribution in [1.29, 1.82) is 0 Å². The summed E-state index contributed by atoms with van der Waals surface area (Å²) in [6.07, 6.45) is 2.63. The molecule has 2 aromatic rings. The summed E-state index contributed by atoms with van der Waals surface area (Å²) in [6, 6.07) is 12.9. The highest BCUT2D eigenvalue weighted by Crippen LogP contribution is 2.24. The molecule has 0 atom stereocenters. The molecule has 0 radical (unpaired) electrons. The van der Waals surface area contributed by atoms with Crippen molar-refractivity contribution < 1.29 is 9.28 Å². The van der Waals surface area contributed by atoms with Crippen molar-refractivity contribution in [2.45, 2.75) is 19.4 Å². The van der Waals surface area contributed by atoms with Crippen molar-refractivity contribution in [3.8, 4) is 0 Å². The Hall–Kier alpha value is -1.55. The highest BCUT2D eigenvalue weighted by Gasteiger charge is 2.26. The Morgan fingerprint density at radius 1 is 1.04 bits per heavy atom. The van der Waals surface area contributed by atoms with E-state index in [0.29, 0.717) is 15.6 Å². The van der Waals surface area contributed by atoms with E-state index in [1.807, 2.05) is 12.1 Å². The van der Waals surface area contributed by atoms with Crippen LogP contribution in [-0.4, -0.2) is 30.5 Å². The third-order valence-corrected chi connectivity index (χ3v) is 5.34. The molecule has 1 aliphatic heterocycles. The maximum atomic E-state index is 12.3. The van der Waals surface area contributed by atoms with Gasteiger partial charge in [-0.15, -0.1) is 0 Å². The maximum Gasteiger partial charge on any atom is 0.255 e. The van der Waals surface area contributed by atoms with Gasteiger partial charge in [-0.2, -0.15) is 0 Å². The number of likely N-dealkylation sites (tertiary alicyclic amines) is 1. The molecule has 1 saturated heterocycles. The van der Waals surface area contributed by atoms with Gasteiger partial charge in [0, 0.05) is 29.7 Å². The summed E-state index contributed by atoms with van der Waals surface area (Å²) < 4.78 is 1.11. The number of halogens is 2. The van der Waals surface area contributed by atoms with Crippen molar-refractivity contribution in [1.82, 2.24) is 0 Å². The van der Waals surface area contributed by atoms with Crippen LogP contribution in [0.1, 0.15) is 28.8 Å². The molecule has 1 aliphatic rings. The van der Waals surface area contributed by atoms with Gasteiger partial charge in [-0.05, 0) is 30.3 Å². The zero-order chi connectivity index (χ0) is 17.2. The average Bonchev–Trinajstić information content (AvgIpc) is 2.98. The third kappa shape index (κ3) is 4.10. The lowest BCUT2D eigenvalue weighted by atomic mass is 10.1. The lowest BCUT2D eigenvalue weighted by molar-refractivity contribution is -0.910.